The van der Waals surface area contributed by atoms with Crippen molar-refractivity contribution in [3.05, 3.63) is 41.2 Å². The van der Waals surface area contributed by atoms with Gasteiger partial charge in [-0.15, -0.1) is 0 Å². The largest absolute Gasteiger partial charge is 0.409 e. The quantitative estimate of drug-likeness (QED) is 0.253. The van der Waals surface area contributed by atoms with Crippen LogP contribution in [0.15, 0.2) is 34.1 Å². The minimum Gasteiger partial charge on any atom is -0.409 e. The number of halogens is 2. The van der Waals surface area contributed by atoms with E-state index >= 15 is 0 Å². The van der Waals surface area contributed by atoms with Crippen LogP contribution in [-0.2, 0) is 16.8 Å². The molecule has 5 N–H and O–H groups in total. The van der Waals surface area contributed by atoms with Gasteiger partial charge >= 0.3 is 0 Å². The molecule has 2 aromatic rings. The summed E-state index contributed by atoms with van der Waals surface area (Å²) in [5, 5.41) is 26.3. The highest BCUT2D eigenvalue weighted by atomic mass is 32.2. The molecule has 1 heterocycles. The molecule has 0 saturated carbocycles. The fourth-order valence-electron chi connectivity index (χ4n) is 1.69. The monoisotopic (exact) mass is 362 g/mol. The predicted molar refractivity (Wildman–Crippen MR) is 77.6 cm³/mol. The molecule has 0 spiro atoms. The number of alkyl halides is 2. The highest BCUT2D eigenvalue weighted by molar-refractivity contribution is 7.87. The summed E-state index contributed by atoms with van der Waals surface area (Å²) >= 11 is 0. The zero-order valence-electron chi connectivity index (χ0n) is 11.8. The van der Waals surface area contributed by atoms with E-state index < -0.39 is 16.6 Å². The van der Waals surface area contributed by atoms with Crippen LogP contribution < -0.4 is 15.2 Å². The molecule has 0 aliphatic heterocycles. The molecular weight excluding hydrogens is 350 g/mol. The molecule has 2 rings (SSSR count). The van der Waals surface area contributed by atoms with E-state index in [0.717, 1.165) is 6.07 Å². The standard InChI is InChI=1S/C11H12F2N6O4S/c12-10(13)6-2-1-3-7(4-6)16-11(17-20)9-8(18-23-19-9)5-15-24(14,21)22/h1-4,10,15,20H,5H2,(H,16,17)(H2,14,21,22). The van der Waals surface area contributed by atoms with Gasteiger partial charge in [0.15, 0.2) is 5.69 Å². The topological polar surface area (TPSA) is 156 Å². The van der Waals surface area contributed by atoms with E-state index in [1.807, 2.05) is 4.72 Å². The highest BCUT2D eigenvalue weighted by Crippen LogP contribution is 2.22. The van der Waals surface area contributed by atoms with Crippen LogP contribution in [0.5, 0.6) is 0 Å². The van der Waals surface area contributed by atoms with Crippen molar-refractivity contribution in [3.8, 4) is 0 Å². The van der Waals surface area contributed by atoms with Gasteiger partial charge in [0.05, 0.1) is 6.54 Å². The Hall–Kier alpha value is -2.64. The molecule has 0 aliphatic carbocycles. The number of nitrogens with one attached hydrogen (secondary N) is 2. The average molecular weight is 362 g/mol. The Morgan fingerprint density at radius 2 is 2.17 bits per heavy atom. The number of anilines is 1. The van der Waals surface area contributed by atoms with Crippen molar-refractivity contribution < 1.29 is 27.0 Å². The van der Waals surface area contributed by atoms with Gasteiger partial charge < -0.3 is 10.5 Å². The SMILES string of the molecule is NS(=O)(=O)NCc1nonc1C(=NO)Nc1cccc(C(F)F)c1. The molecule has 13 heteroatoms. The van der Waals surface area contributed by atoms with Gasteiger partial charge in [-0.05, 0) is 17.3 Å². The number of rotatable bonds is 6. The first kappa shape index (κ1) is 17.7. The maximum Gasteiger partial charge on any atom is 0.274 e. The van der Waals surface area contributed by atoms with Gasteiger partial charge in [0.25, 0.3) is 16.6 Å². The van der Waals surface area contributed by atoms with Crippen molar-refractivity contribution >= 4 is 21.7 Å². The molecule has 24 heavy (non-hydrogen) atoms. The Balaban J connectivity index is 2.21. The molecule has 0 saturated heterocycles. The van der Waals surface area contributed by atoms with Gasteiger partial charge in [0.2, 0.25) is 5.84 Å². The molecule has 0 bridgehead atoms. The lowest BCUT2D eigenvalue weighted by Gasteiger charge is -2.08. The van der Waals surface area contributed by atoms with E-state index in [0.29, 0.717) is 0 Å². The zero-order valence-corrected chi connectivity index (χ0v) is 12.7. The van der Waals surface area contributed by atoms with Crippen LogP contribution >= 0.6 is 0 Å². The van der Waals surface area contributed by atoms with Gasteiger partial charge in [-0.1, -0.05) is 22.4 Å². The van der Waals surface area contributed by atoms with Gasteiger partial charge in [-0.3, -0.25) is 0 Å². The summed E-state index contributed by atoms with van der Waals surface area (Å²) in [5.41, 5.74) is -0.217. The predicted octanol–water partition coefficient (Wildman–Crippen LogP) is 0.548. The summed E-state index contributed by atoms with van der Waals surface area (Å²) in [6, 6.07) is 5.20. The number of aromatic nitrogens is 2. The summed E-state index contributed by atoms with van der Waals surface area (Å²) in [6.45, 7) is -0.380. The van der Waals surface area contributed by atoms with E-state index in [2.05, 4.69) is 25.4 Å². The lowest BCUT2D eigenvalue weighted by atomic mass is 10.2. The number of hydrogen-bond acceptors (Lipinski definition) is 7. The third-order valence-corrected chi connectivity index (χ3v) is 3.27. The van der Waals surface area contributed by atoms with Crippen molar-refractivity contribution in [2.24, 2.45) is 10.3 Å². The maximum absolute atomic E-state index is 12.7. The Labute approximate surface area is 134 Å². The molecule has 0 atom stereocenters. The molecule has 0 fully saturated rings. The fraction of sp³-hybridized carbons (Fsp3) is 0.182. The summed E-state index contributed by atoms with van der Waals surface area (Å²) in [6.07, 6.45) is -2.68. The van der Waals surface area contributed by atoms with Crippen LogP contribution in [-0.4, -0.2) is 29.8 Å². The van der Waals surface area contributed by atoms with E-state index in [-0.39, 0.29) is 35.0 Å². The highest BCUT2D eigenvalue weighted by Gasteiger charge is 2.19. The first-order valence-electron chi connectivity index (χ1n) is 6.26. The van der Waals surface area contributed by atoms with Crippen LogP contribution in [0.3, 0.4) is 0 Å². The van der Waals surface area contributed by atoms with Crippen molar-refractivity contribution in [2.75, 3.05) is 5.32 Å². The summed E-state index contributed by atoms with van der Waals surface area (Å²) in [4.78, 5) is 0. The van der Waals surface area contributed by atoms with Crippen molar-refractivity contribution in [2.45, 2.75) is 13.0 Å². The molecule has 1 aromatic heterocycles. The summed E-state index contributed by atoms with van der Waals surface area (Å²) < 4.78 is 53.6. The molecule has 10 nitrogen and oxygen atoms in total. The van der Waals surface area contributed by atoms with Crippen LogP contribution in [0.1, 0.15) is 23.4 Å². The van der Waals surface area contributed by atoms with Gasteiger partial charge in [0, 0.05) is 11.3 Å². The van der Waals surface area contributed by atoms with Crippen LogP contribution in [0.25, 0.3) is 0 Å². The van der Waals surface area contributed by atoms with E-state index in [4.69, 9.17) is 10.3 Å². The molecular formula is C11H12F2N6O4S. The molecule has 0 amide bonds. The molecule has 1 aromatic carbocycles. The molecule has 130 valence electrons. The first-order valence-corrected chi connectivity index (χ1v) is 7.81. The lowest BCUT2D eigenvalue weighted by Crippen LogP contribution is -2.31. The zero-order chi connectivity index (χ0) is 17.7. The van der Waals surface area contributed by atoms with Crippen LogP contribution in [0.2, 0.25) is 0 Å². The average Bonchev–Trinajstić information content (AvgIpc) is 2.98. The van der Waals surface area contributed by atoms with E-state index in [1.165, 1.54) is 18.2 Å². The normalized spacial score (nSPS) is 12.6. The third kappa shape index (κ3) is 4.68. The number of nitrogens with two attached hydrogens (primary N) is 1. The number of oxime groups is 1. The van der Waals surface area contributed by atoms with Crippen LogP contribution in [0, 0.1) is 0 Å². The van der Waals surface area contributed by atoms with E-state index in [9.17, 15) is 17.2 Å². The molecule has 0 aliphatic rings. The minimum atomic E-state index is -3.99. The Morgan fingerprint density at radius 3 is 2.79 bits per heavy atom. The van der Waals surface area contributed by atoms with Gasteiger partial charge in [-0.2, -0.15) is 13.1 Å². The first-order chi connectivity index (χ1) is 11.3. The van der Waals surface area contributed by atoms with Gasteiger partial charge in [0.1, 0.15) is 5.69 Å². The van der Waals surface area contributed by atoms with Gasteiger partial charge in [-0.25, -0.2) is 18.5 Å². The second kappa shape index (κ2) is 7.29. The Kier molecular flexibility index (Phi) is 5.38. The Morgan fingerprint density at radius 1 is 1.42 bits per heavy atom. The van der Waals surface area contributed by atoms with Crippen molar-refractivity contribution in [3.63, 3.8) is 0 Å². The Bertz CT molecular complexity index is 839. The summed E-state index contributed by atoms with van der Waals surface area (Å²) in [5.74, 6) is -0.283. The van der Waals surface area contributed by atoms with E-state index in [1.54, 1.807) is 0 Å². The number of amidine groups is 1. The number of nitrogens with zero attached hydrogens (tertiary/aromatic N) is 3. The van der Waals surface area contributed by atoms with Crippen molar-refractivity contribution in [1.82, 2.24) is 15.0 Å². The number of hydrogen-bond donors (Lipinski definition) is 4. The summed E-state index contributed by atoms with van der Waals surface area (Å²) in [7, 11) is -3.99. The smallest absolute Gasteiger partial charge is 0.274 e. The molecule has 0 unspecified atom stereocenters. The maximum atomic E-state index is 12.7. The van der Waals surface area contributed by atoms with Crippen LogP contribution in [0.4, 0.5) is 14.5 Å². The fourth-order valence-corrected chi connectivity index (χ4v) is 2.03. The second-order valence-corrected chi connectivity index (χ2v) is 5.80. The van der Waals surface area contributed by atoms with Crippen molar-refractivity contribution in [1.29, 1.82) is 0 Å². The molecule has 0 radical (unpaired) electrons. The minimum absolute atomic E-state index is 0.0330. The second-order valence-electron chi connectivity index (χ2n) is 4.43. The lowest BCUT2D eigenvalue weighted by molar-refractivity contribution is 0.151. The number of benzene rings is 1. The third-order valence-electron chi connectivity index (χ3n) is 2.72.